The Kier molecular flexibility index (Phi) is 4.21. The van der Waals surface area contributed by atoms with Gasteiger partial charge in [0.2, 0.25) is 0 Å². The molecule has 1 N–H and O–H groups in total. The average molecular weight is 300 g/mol. The number of hydrogen-bond acceptors (Lipinski definition) is 2. The molecule has 19 heavy (non-hydrogen) atoms. The summed E-state index contributed by atoms with van der Waals surface area (Å²) in [6.45, 7) is 1.53. The molecule has 2 fully saturated rings. The number of rotatable bonds is 7. The molecule has 0 aliphatic heterocycles. The van der Waals surface area contributed by atoms with Crippen LogP contribution in [0.25, 0.3) is 0 Å². The number of benzene rings is 1. The van der Waals surface area contributed by atoms with Crippen LogP contribution in [0.15, 0.2) is 12.1 Å². The summed E-state index contributed by atoms with van der Waals surface area (Å²) in [4.78, 5) is 0. The summed E-state index contributed by atoms with van der Waals surface area (Å²) in [6, 6.07) is 4.38. The zero-order valence-electron chi connectivity index (χ0n) is 10.9. The standard InChI is InChI=1S/C15H19Cl2NO/c16-12-7-11(9-18-13-3-4-13)15(14(17)8-12)19-6-5-10-1-2-10/h7-8,10,13,18H,1-6,9H2. The van der Waals surface area contributed by atoms with Gasteiger partial charge in [-0.1, -0.05) is 36.0 Å². The summed E-state index contributed by atoms with van der Waals surface area (Å²) in [5.41, 5.74) is 1.07. The van der Waals surface area contributed by atoms with Crippen LogP contribution >= 0.6 is 23.2 Å². The van der Waals surface area contributed by atoms with E-state index in [4.69, 9.17) is 27.9 Å². The van der Waals surface area contributed by atoms with Crippen molar-refractivity contribution in [3.05, 3.63) is 27.7 Å². The summed E-state index contributed by atoms with van der Waals surface area (Å²) < 4.78 is 5.90. The molecule has 0 spiro atoms. The fraction of sp³-hybridized carbons (Fsp3) is 0.600. The van der Waals surface area contributed by atoms with Crippen molar-refractivity contribution >= 4 is 23.2 Å². The lowest BCUT2D eigenvalue weighted by molar-refractivity contribution is 0.299. The van der Waals surface area contributed by atoms with Gasteiger partial charge in [-0.15, -0.1) is 0 Å². The monoisotopic (exact) mass is 299 g/mol. The number of hydrogen-bond donors (Lipinski definition) is 1. The second-order valence-corrected chi connectivity index (χ2v) is 6.46. The lowest BCUT2D eigenvalue weighted by Gasteiger charge is -2.14. The summed E-state index contributed by atoms with van der Waals surface area (Å²) in [7, 11) is 0. The van der Waals surface area contributed by atoms with Crippen molar-refractivity contribution in [2.75, 3.05) is 6.61 Å². The topological polar surface area (TPSA) is 21.3 Å². The third-order valence-corrected chi connectivity index (χ3v) is 4.21. The Bertz CT molecular complexity index is 456. The van der Waals surface area contributed by atoms with Gasteiger partial charge in [-0.25, -0.2) is 0 Å². The molecule has 2 saturated carbocycles. The number of nitrogens with one attached hydrogen (secondary N) is 1. The Morgan fingerprint density at radius 1 is 1.16 bits per heavy atom. The van der Waals surface area contributed by atoms with Crippen LogP contribution in [0.4, 0.5) is 0 Å². The third kappa shape index (κ3) is 4.01. The molecule has 1 aromatic rings. The molecule has 0 radical (unpaired) electrons. The van der Waals surface area contributed by atoms with Crippen molar-refractivity contribution in [2.45, 2.75) is 44.7 Å². The fourth-order valence-electron chi connectivity index (χ4n) is 2.18. The predicted octanol–water partition coefficient (Wildman–Crippen LogP) is 4.42. The molecular weight excluding hydrogens is 281 g/mol. The van der Waals surface area contributed by atoms with Gasteiger partial charge >= 0.3 is 0 Å². The van der Waals surface area contributed by atoms with E-state index in [0.29, 0.717) is 16.1 Å². The van der Waals surface area contributed by atoms with Crippen molar-refractivity contribution in [1.82, 2.24) is 5.32 Å². The third-order valence-electron chi connectivity index (χ3n) is 3.71. The molecule has 0 unspecified atom stereocenters. The molecule has 0 bridgehead atoms. The van der Waals surface area contributed by atoms with Crippen molar-refractivity contribution in [3.8, 4) is 5.75 Å². The van der Waals surface area contributed by atoms with E-state index in [9.17, 15) is 0 Å². The molecule has 0 aromatic heterocycles. The molecule has 0 atom stereocenters. The summed E-state index contributed by atoms with van der Waals surface area (Å²) in [6.07, 6.45) is 6.38. The van der Waals surface area contributed by atoms with E-state index in [-0.39, 0.29) is 0 Å². The SMILES string of the molecule is Clc1cc(Cl)c(OCCC2CC2)c(CNC2CC2)c1. The minimum Gasteiger partial charge on any atom is -0.492 e. The minimum absolute atomic E-state index is 0.621. The maximum Gasteiger partial charge on any atom is 0.142 e. The first-order valence-corrected chi connectivity index (χ1v) is 7.82. The highest BCUT2D eigenvalue weighted by atomic mass is 35.5. The number of ether oxygens (including phenoxy) is 1. The molecule has 2 aliphatic rings. The molecule has 0 saturated heterocycles. The Morgan fingerprint density at radius 3 is 2.63 bits per heavy atom. The van der Waals surface area contributed by atoms with Crippen LogP contribution < -0.4 is 10.1 Å². The Hall–Kier alpha value is -0.440. The molecule has 4 heteroatoms. The predicted molar refractivity (Wildman–Crippen MR) is 79.2 cm³/mol. The summed E-state index contributed by atoms with van der Waals surface area (Å²) >= 11 is 12.3. The van der Waals surface area contributed by atoms with Crippen LogP contribution in [-0.2, 0) is 6.54 Å². The maximum atomic E-state index is 6.26. The average Bonchev–Trinajstić information content (AvgIpc) is 3.24. The van der Waals surface area contributed by atoms with Crippen LogP contribution in [0, 0.1) is 5.92 Å². The fourth-order valence-corrected chi connectivity index (χ4v) is 2.77. The van der Waals surface area contributed by atoms with E-state index >= 15 is 0 Å². The second-order valence-electron chi connectivity index (χ2n) is 5.61. The molecular formula is C15H19Cl2NO. The van der Waals surface area contributed by atoms with Gasteiger partial charge in [0, 0.05) is 23.2 Å². The van der Waals surface area contributed by atoms with Gasteiger partial charge in [-0.05, 0) is 37.3 Å². The van der Waals surface area contributed by atoms with Crippen molar-refractivity contribution in [3.63, 3.8) is 0 Å². The van der Waals surface area contributed by atoms with Crippen molar-refractivity contribution in [2.24, 2.45) is 5.92 Å². The van der Waals surface area contributed by atoms with Crippen LogP contribution in [0.5, 0.6) is 5.75 Å². The van der Waals surface area contributed by atoms with Gasteiger partial charge in [0.25, 0.3) is 0 Å². The van der Waals surface area contributed by atoms with Crippen LogP contribution in [0.2, 0.25) is 10.0 Å². The molecule has 1 aromatic carbocycles. The highest BCUT2D eigenvalue weighted by Gasteiger charge is 2.23. The summed E-state index contributed by atoms with van der Waals surface area (Å²) in [5.74, 6) is 1.68. The maximum absolute atomic E-state index is 6.26. The Balaban J connectivity index is 1.65. The van der Waals surface area contributed by atoms with E-state index in [2.05, 4.69) is 5.32 Å². The van der Waals surface area contributed by atoms with Crippen LogP contribution in [0.3, 0.4) is 0 Å². The van der Waals surface area contributed by atoms with Gasteiger partial charge < -0.3 is 10.1 Å². The van der Waals surface area contributed by atoms with E-state index < -0.39 is 0 Å². The molecule has 3 rings (SSSR count). The Morgan fingerprint density at radius 2 is 1.95 bits per heavy atom. The van der Waals surface area contributed by atoms with E-state index in [1.54, 1.807) is 6.07 Å². The molecule has 0 heterocycles. The first-order chi connectivity index (χ1) is 9.22. The zero-order valence-corrected chi connectivity index (χ0v) is 12.4. The zero-order chi connectivity index (χ0) is 13.2. The first-order valence-electron chi connectivity index (χ1n) is 7.06. The highest BCUT2D eigenvalue weighted by Crippen LogP contribution is 2.35. The van der Waals surface area contributed by atoms with E-state index in [1.807, 2.05) is 6.07 Å². The highest BCUT2D eigenvalue weighted by molar-refractivity contribution is 6.35. The lowest BCUT2D eigenvalue weighted by Crippen LogP contribution is -2.16. The van der Waals surface area contributed by atoms with E-state index in [0.717, 1.165) is 36.8 Å². The molecule has 2 nitrogen and oxygen atoms in total. The smallest absolute Gasteiger partial charge is 0.142 e. The number of halogens is 2. The van der Waals surface area contributed by atoms with Crippen molar-refractivity contribution in [1.29, 1.82) is 0 Å². The molecule has 2 aliphatic carbocycles. The van der Waals surface area contributed by atoms with Crippen LogP contribution in [0.1, 0.15) is 37.7 Å². The van der Waals surface area contributed by atoms with Gasteiger partial charge in [0.05, 0.1) is 11.6 Å². The summed E-state index contributed by atoms with van der Waals surface area (Å²) in [5, 5.41) is 4.78. The van der Waals surface area contributed by atoms with Crippen LogP contribution in [-0.4, -0.2) is 12.6 Å². The van der Waals surface area contributed by atoms with Gasteiger partial charge in [-0.3, -0.25) is 0 Å². The minimum atomic E-state index is 0.621. The normalized spacial score (nSPS) is 18.6. The molecule has 0 amide bonds. The van der Waals surface area contributed by atoms with Crippen molar-refractivity contribution < 1.29 is 4.74 Å². The van der Waals surface area contributed by atoms with Gasteiger partial charge in [0.1, 0.15) is 5.75 Å². The van der Waals surface area contributed by atoms with E-state index in [1.165, 1.54) is 25.7 Å². The quantitative estimate of drug-likeness (QED) is 0.804. The van der Waals surface area contributed by atoms with Gasteiger partial charge in [0.15, 0.2) is 0 Å². The largest absolute Gasteiger partial charge is 0.492 e. The second kappa shape index (κ2) is 5.90. The lowest BCUT2D eigenvalue weighted by atomic mass is 10.2. The van der Waals surface area contributed by atoms with Gasteiger partial charge in [-0.2, -0.15) is 0 Å². The Labute approximate surface area is 124 Å². The molecule has 104 valence electrons. The first kappa shape index (κ1) is 13.5.